The van der Waals surface area contributed by atoms with Crippen molar-refractivity contribution in [2.24, 2.45) is 27.1 Å². The molecule has 0 fully saturated rings. The van der Waals surface area contributed by atoms with Gasteiger partial charge in [-0.15, -0.1) is 0 Å². The first kappa shape index (κ1) is 19.9. The third kappa shape index (κ3) is 2.78. The highest BCUT2D eigenvalue weighted by Crippen LogP contribution is 2.69. The second kappa shape index (κ2) is 5.79. The lowest BCUT2D eigenvalue weighted by Crippen LogP contribution is -2.59. The van der Waals surface area contributed by atoms with Crippen molar-refractivity contribution in [3.63, 3.8) is 0 Å². The van der Waals surface area contributed by atoms with Gasteiger partial charge in [0.25, 0.3) is 0 Å². The molecule has 0 saturated carbocycles. The van der Waals surface area contributed by atoms with Crippen molar-refractivity contribution in [3.05, 3.63) is 48.0 Å². The highest BCUT2D eigenvalue weighted by atomic mass is 16.3. The van der Waals surface area contributed by atoms with E-state index in [0.29, 0.717) is 11.5 Å². The lowest BCUT2D eigenvalue weighted by Gasteiger charge is -2.65. The molecule has 0 bridgehead atoms. The molecule has 2 rings (SSSR count). The van der Waals surface area contributed by atoms with Gasteiger partial charge in [-0.2, -0.15) is 0 Å². The highest BCUT2D eigenvalue weighted by molar-refractivity contribution is 5.33. The highest BCUT2D eigenvalue weighted by Gasteiger charge is 2.62. The normalized spacial score (nSPS) is 30.9. The fourth-order valence-electron chi connectivity index (χ4n) is 5.57. The summed E-state index contributed by atoms with van der Waals surface area (Å²) in [6, 6.07) is 0. The van der Waals surface area contributed by atoms with E-state index in [4.69, 9.17) is 0 Å². The predicted molar refractivity (Wildman–Crippen MR) is 106 cm³/mol. The molecule has 0 aromatic heterocycles. The SMILES string of the molecule is CC(C)(C)C1(C(C)(C)C2(C(C)(C)C)C=CC(O)=CC2)C=CC(O)=CC1. The van der Waals surface area contributed by atoms with Crippen LogP contribution in [-0.4, -0.2) is 10.2 Å². The average Bonchev–Trinajstić information content (AvgIpc) is 2.46. The molecule has 0 aliphatic heterocycles. The maximum absolute atomic E-state index is 9.96. The summed E-state index contributed by atoms with van der Waals surface area (Å²) in [5.41, 5.74) is -0.327. The Bertz CT molecular complexity index is 591. The van der Waals surface area contributed by atoms with E-state index in [2.05, 4.69) is 67.5 Å². The van der Waals surface area contributed by atoms with E-state index in [1.54, 1.807) is 0 Å². The van der Waals surface area contributed by atoms with E-state index in [0.717, 1.165) is 12.8 Å². The fraction of sp³-hybridized carbons (Fsp3) is 0.652. The molecule has 0 radical (unpaired) electrons. The lowest BCUT2D eigenvalue weighted by molar-refractivity contribution is -0.116. The molecule has 2 heteroatoms. The van der Waals surface area contributed by atoms with Crippen LogP contribution < -0.4 is 0 Å². The molecule has 2 N–H and O–H groups in total. The first-order valence-corrected chi connectivity index (χ1v) is 9.37. The summed E-state index contributed by atoms with van der Waals surface area (Å²) in [6.45, 7) is 18.5. The zero-order valence-corrected chi connectivity index (χ0v) is 17.3. The van der Waals surface area contributed by atoms with E-state index in [9.17, 15) is 10.2 Å². The van der Waals surface area contributed by atoms with Crippen LogP contribution in [0.2, 0.25) is 0 Å². The van der Waals surface area contributed by atoms with Crippen LogP contribution in [0.4, 0.5) is 0 Å². The first-order valence-electron chi connectivity index (χ1n) is 9.37. The summed E-state index contributed by atoms with van der Waals surface area (Å²) in [5.74, 6) is 0.717. The van der Waals surface area contributed by atoms with Crippen LogP contribution in [0.3, 0.4) is 0 Å². The molecule has 2 unspecified atom stereocenters. The summed E-state index contributed by atoms with van der Waals surface area (Å²) < 4.78 is 0. The molecular weight excluding hydrogens is 308 g/mol. The van der Waals surface area contributed by atoms with Gasteiger partial charge in [0.2, 0.25) is 0 Å². The van der Waals surface area contributed by atoms with Crippen molar-refractivity contribution in [2.45, 2.75) is 68.2 Å². The van der Waals surface area contributed by atoms with E-state index in [1.165, 1.54) is 0 Å². The van der Waals surface area contributed by atoms with E-state index >= 15 is 0 Å². The Labute approximate surface area is 154 Å². The van der Waals surface area contributed by atoms with Crippen molar-refractivity contribution in [3.8, 4) is 0 Å². The van der Waals surface area contributed by atoms with Crippen molar-refractivity contribution < 1.29 is 10.2 Å². The number of aliphatic hydroxyl groups is 2. The van der Waals surface area contributed by atoms with Crippen LogP contribution in [0.15, 0.2) is 48.0 Å². The van der Waals surface area contributed by atoms with Gasteiger partial charge in [-0.05, 0) is 53.4 Å². The monoisotopic (exact) mass is 344 g/mol. The Morgan fingerprint density at radius 2 is 1.00 bits per heavy atom. The number of rotatable bonds is 2. The lowest BCUT2D eigenvalue weighted by atomic mass is 9.38. The van der Waals surface area contributed by atoms with Gasteiger partial charge in [0.1, 0.15) is 11.5 Å². The van der Waals surface area contributed by atoms with Crippen LogP contribution in [-0.2, 0) is 0 Å². The smallest absolute Gasteiger partial charge is 0.111 e. The predicted octanol–water partition coefficient (Wildman–Crippen LogP) is 6.88. The van der Waals surface area contributed by atoms with Gasteiger partial charge in [-0.1, -0.05) is 67.5 Å². The molecule has 2 atom stereocenters. The molecule has 0 amide bonds. The second-order valence-electron chi connectivity index (χ2n) is 10.4. The third-order valence-electron chi connectivity index (χ3n) is 7.25. The Balaban J connectivity index is 2.71. The Kier molecular flexibility index (Phi) is 4.60. The minimum atomic E-state index is -0.120. The van der Waals surface area contributed by atoms with E-state index in [-0.39, 0.29) is 27.1 Å². The van der Waals surface area contributed by atoms with Crippen molar-refractivity contribution in [1.82, 2.24) is 0 Å². The summed E-state index contributed by atoms with van der Waals surface area (Å²) >= 11 is 0. The quantitative estimate of drug-likeness (QED) is 0.573. The van der Waals surface area contributed by atoms with Gasteiger partial charge in [-0.25, -0.2) is 0 Å². The number of hydrogen-bond donors (Lipinski definition) is 2. The van der Waals surface area contributed by atoms with Crippen molar-refractivity contribution in [1.29, 1.82) is 0 Å². The first-order chi connectivity index (χ1) is 11.2. The van der Waals surface area contributed by atoms with Gasteiger partial charge in [0, 0.05) is 10.8 Å². The van der Waals surface area contributed by atoms with Gasteiger partial charge in [0.05, 0.1) is 0 Å². The van der Waals surface area contributed by atoms with Crippen LogP contribution >= 0.6 is 0 Å². The maximum atomic E-state index is 9.96. The van der Waals surface area contributed by atoms with E-state index in [1.807, 2.05) is 24.3 Å². The topological polar surface area (TPSA) is 40.5 Å². The number of hydrogen-bond acceptors (Lipinski definition) is 2. The molecule has 0 aromatic rings. The summed E-state index contributed by atoms with van der Waals surface area (Å²) in [7, 11) is 0. The van der Waals surface area contributed by atoms with Gasteiger partial charge < -0.3 is 10.2 Å². The van der Waals surface area contributed by atoms with Gasteiger partial charge in [-0.3, -0.25) is 0 Å². The summed E-state index contributed by atoms with van der Waals surface area (Å²) in [6.07, 6.45) is 13.8. The van der Waals surface area contributed by atoms with Crippen LogP contribution in [0.25, 0.3) is 0 Å². The minimum absolute atomic E-state index is 0.0134. The van der Waals surface area contributed by atoms with E-state index < -0.39 is 0 Å². The minimum Gasteiger partial charge on any atom is -0.508 e. The second-order valence-corrected chi connectivity index (χ2v) is 10.4. The maximum Gasteiger partial charge on any atom is 0.111 e. The molecule has 2 aliphatic rings. The molecular formula is C23H36O2. The van der Waals surface area contributed by atoms with Crippen LogP contribution in [0, 0.1) is 27.1 Å². The summed E-state index contributed by atoms with van der Waals surface area (Å²) in [4.78, 5) is 0. The number of allylic oxidation sites excluding steroid dienone is 6. The largest absolute Gasteiger partial charge is 0.508 e. The van der Waals surface area contributed by atoms with Gasteiger partial charge in [0.15, 0.2) is 0 Å². The molecule has 2 nitrogen and oxygen atoms in total. The molecule has 0 spiro atoms. The Morgan fingerprint density at radius 3 is 1.20 bits per heavy atom. The van der Waals surface area contributed by atoms with Crippen molar-refractivity contribution >= 4 is 0 Å². The Hall–Kier alpha value is -1.44. The van der Waals surface area contributed by atoms with Crippen LogP contribution in [0.1, 0.15) is 68.2 Å². The molecule has 2 aliphatic carbocycles. The van der Waals surface area contributed by atoms with Crippen LogP contribution in [0.5, 0.6) is 0 Å². The van der Waals surface area contributed by atoms with Crippen molar-refractivity contribution in [2.75, 3.05) is 0 Å². The molecule has 0 saturated heterocycles. The fourth-order valence-corrected chi connectivity index (χ4v) is 5.57. The molecule has 0 aromatic carbocycles. The zero-order valence-electron chi connectivity index (χ0n) is 17.3. The standard InChI is InChI=1S/C23H36O2/c1-19(2,3)22(13-9-17(24)10-14-22)21(7,8)23(20(4,5)6)15-11-18(25)12-16-23/h9-13,15,24-25H,14,16H2,1-8H3. The van der Waals surface area contributed by atoms with Gasteiger partial charge >= 0.3 is 0 Å². The zero-order chi connectivity index (χ0) is 19.3. The third-order valence-corrected chi connectivity index (χ3v) is 7.25. The molecule has 0 heterocycles. The average molecular weight is 345 g/mol. The molecule has 140 valence electrons. The number of aliphatic hydroxyl groups excluding tert-OH is 2. The summed E-state index contributed by atoms with van der Waals surface area (Å²) in [5, 5.41) is 19.9. The molecule has 25 heavy (non-hydrogen) atoms. The Morgan fingerprint density at radius 1 is 0.680 bits per heavy atom.